The van der Waals surface area contributed by atoms with Crippen molar-refractivity contribution in [3.05, 3.63) is 77.2 Å². The van der Waals surface area contributed by atoms with Crippen LogP contribution in [0.2, 0.25) is 0 Å². The van der Waals surface area contributed by atoms with Crippen LogP contribution in [-0.2, 0) is 0 Å². The molecule has 0 bridgehead atoms. The molecule has 2 aromatic carbocycles. The van der Waals surface area contributed by atoms with E-state index < -0.39 is 0 Å². The number of H-pyrrole nitrogens is 1. The molecule has 1 aliphatic rings. The molecule has 0 spiro atoms. The summed E-state index contributed by atoms with van der Waals surface area (Å²) in [7, 11) is 1.63. The van der Waals surface area contributed by atoms with Gasteiger partial charge in [-0.05, 0) is 48.9 Å². The van der Waals surface area contributed by atoms with Crippen molar-refractivity contribution in [2.24, 2.45) is 0 Å². The van der Waals surface area contributed by atoms with Gasteiger partial charge in [0, 0.05) is 16.9 Å². The third kappa shape index (κ3) is 2.98. The summed E-state index contributed by atoms with van der Waals surface area (Å²) < 4.78 is 11.2. The topological polar surface area (TPSA) is 105 Å². The fourth-order valence-electron chi connectivity index (χ4n) is 3.74. The second-order valence-corrected chi connectivity index (χ2v) is 6.99. The highest BCUT2D eigenvalue weighted by atomic mass is 16.5. The number of nitrogens with zero attached hydrogens (tertiary/aromatic N) is 3. The van der Waals surface area contributed by atoms with Gasteiger partial charge in [-0.25, -0.2) is 9.97 Å². The minimum absolute atomic E-state index is 0.185. The number of aromatic amines is 1. The monoisotopic (exact) mass is 401 g/mol. The van der Waals surface area contributed by atoms with E-state index in [1.807, 2.05) is 43.3 Å². The maximum absolute atomic E-state index is 10.1. The van der Waals surface area contributed by atoms with Crippen LogP contribution >= 0.6 is 0 Å². The first-order valence-electron chi connectivity index (χ1n) is 9.41. The predicted octanol–water partition coefficient (Wildman–Crippen LogP) is 4.25. The van der Waals surface area contributed by atoms with Crippen molar-refractivity contribution in [3.63, 3.8) is 0 Å². The molecule has 5 rings (SSSR count). The van der Waals surface area contributed by atoms with Crippen molar-refractivity contribution >= 4 is 11.5 Å². The molecule has 0 aliphatic carbocycles. The zero-order chi connectivity index (χ0) is 20.7. The van der Waals surface area contributed by atoms with E-state index in [1.54, 1.807) is 19.2 Å². The van der Waals surface area contributed by atoms with Crippen molar-refractivity contribution in [2.45, 2.75) is 12.8 Å². The van der Waals surface area contributed by atoms with Crippen molar-refractivity contribution < 1.29 is 14.6 Å². The molecule has 150 valence electrons. The lowest BCUT2D eigenvalue weighted by molar-refractivity contribution is 0.414. The summed E-state index contributed by atoms with van der Waals surface area (Å²) in [5, 5.41) is 20.7. The number of methoxy groups -OCH3 is 1. The Bertz CT molecular complexity index is 1220. The molecule has 0 radical (unpaired) electrons. The van der Waals surface area contributed by atoms with Gasteiger partial charge in [-0.3, -0.25) is 5.10 Å². The number of phenols is 1. The first-order valence-corrected chi connectivity index (χ1v) is 9.41. The van der Waals surface area contributed by atoms with Gasteiger partial charge in [0.2, 0.25) is 11.8 Å². The highest BCUT2D eigenvalue weighted by molar-refractivity contribution is 5.68. The van der Waals surface area contributed by atoms with Crippen molar-refractivity contribution in [1.82, 2.24) is 20.2 Å². The average molecular weight is 401 g/mol. The Hall–Kier alpha value is -4.07. The van der Waals surface area contributed by atoms with Gasteiger partial charge in [-0.2, -0.15) is 0 Å². The number of nitrogens with one attached hydrogen (secondary N) is 2. The molecular formula is C22H19N5O3. The Kier molecular flexibility index (Phi) is 4.24. The average Bonchev–Trinajstić information content (AvgIpc) is 3.13. The van der Waals surface area contributed by atoms with E-state index in [4.69, 9.17) is 9.47 Å². The number of rotatable bonds is 4. The molecule has 2 aromatic heterocycles. The number of aromatic hydroxyl groups is 1. The molecule has 1 atom stereocenters. The van der Waals surface area contributed by atoms with Crippen LogP contribution in [0.4, 0.5) is 11.5 Å². The number of hydrogen-bond acceptors (Lipinski definition) is 7. The van der Waals surface area contributed by atoms with Gasteiger partial charge in [-0.15, -0.1) is 5.10 Å². The zero-order valence-corrected chi connectivity index (χ0v) is 16.4. The second kappa shape index (κ2) is 7.07. The van der Waals surface area contributed by atoms with E-state index in [0.717, 1.165) is 33.8 Å². The molecule has 30 heavy (non-hydrogen) atoms. The van der Waals surface area contributed by atoms with Gasteiger partial charge in [0.25, 0.3) is 0 Å². The summed E-state index contributed by atoms with van der Waals surface area (Å²) in [5.74, 6) is 2.20. The molecule has 8 nitrogen and oxygen atoms in total. The Balaban J connectivity index is 1.66. The molecule has 1 unspecified atom stereocenters. The molecular weight excluding hydrogens is 382 g/mol. The van der Waals surface area contributed by atoms with Crippen LogP contribution < -0.4 is 14.8 Å². The maximum atomic E-state index is 10.1. The molecule has 3 N–H and O–H groups in total. The molecule has 0 amide bonds. The predicted molar refractivity (Wildman–Crippen MR) is 111 cm³/mol. The lowest BCUT2D eigenvalue weighted by atomic mass is 9.84. The third-order valence-electron chi connectivity index (χ3n) is 5.13. The Morgan fingerprint density at radius 2 is 1.90 bits per heavy atom. The van der Waals surface area contributed by atoms with Crippen LogP contribution in [0.3, 0.4) is 0 Å². The van der Waals surface area contributed by atoms with E-state index in [9.17, 15) is 5.11 Å². The fraction of sp³-hybridized carbons (Fsp3) is 0.136. The van der Waals surface area contributed by atoms with Gasteiger partial charge >= 0.3 is 0 Å². The number of anilines is 2. The van der Waals surface area contributed by atoms with E-state index in [0.29, 0.717) is 17.6 Å². The summed E-state index contributed by atoms with van der Waals surface area (Å²) in [6, 6.07) is 14.7. The van der Waals surface area contributed by atoms with Crippen LogP contribution in [0.15, 0.2) is 54.9 Å². The van der Waals surface area contributed by atoms with Gasteiger partial charge in [0.15, 0.2) is 0 Å². The smallest absolute Gasteiger partial charge is 0.244 e. The summed E-state index contributed by atoms with van der Waals surface area (Å²) in [6.45, 7) is 1.94. The highest BCUT2D eigenvalue weighted by Crippen LogP contribution is 2.49. The number of aromatic nitrogens is 4. The number of fused-ring (bicyclic) bond motifs is 2. The zero-order valence-electron chi connectivity index (χ0n) is 16.4. The lowest BCUT2D eigenvalue weighted by Gasteiger charge is -2.27. The minimum atomic E-state index is -0.267. The van der Waals surface area contributed by atoms with E-state index in [2.05, 4.69) is 25.5 Å². The highest BCUT2D eigenvalue weighted by Gasteiger charge is 2.36. The van der Waals surface area contributed by atoms with Gasteiger partial charge in [0.1, 0.15) is 23.6 Å². The van der Waals surface area contributed by atoms with Gasteiger partial charge in [0.05, 0.1) is 18.6 Å². The second-order valence-electron chi connectivity index (χ2n) is 6.99. The van der Waals surface area contributed by atoms with Crippen LogP contribution in [-0.4, -0.2) is 32.4 Å². The van der Waals surface area contributed by atoms with Crippen LogP contribution in [0.5, 0.6) is 23.3 Å². The normalized spacial score (nSPS) is 14.4. The maximum Gasteiger partial charge on any atom is 0.244 e. The number of aryl methyl sites for hydroxylation is 1. The molecule has 1 aliphatic heterocycles. The molecule has 0 saturated heterocycles. The van der Waals surface area contributed by atoms with Crippen LogP contribution in [0.25, 0.3) is 0 Å². The number of phenolic OH excluding ortho intramolecular Hbond substituents is 1. The summed E-state index contributed by atoms with van der Waals surface area (Å²) >= 11 is 0. The lowest BCUT2D eigenvalue weighted by Crippen LogP contribution is -2.15. The van der Waals surface area contributed by atoms with E-state index in [1.165, 1.54) is 6.33 Å². The molecule has 4 aromatic rings. The first-order chi connectivity index (χ1) is 14.6. The van der Waals surface area contributed by atoms with E-state index in [-0.39, 0.29) is 11.7 Å². The third-order valence-corrected chi connectivity index (χ3v) is 5.13. The standard InChI is InChI=1S/C22H19N5O3/c1-12-17-18(13-4-3-5-15(28)10-13)19-20(25-14-6-8-16(29-2)9-7-14)23-11-24-21(19)30-22(17)27-26-12/h3-11,18,28H,1-2H3,(H,26,27)(H,23,24,25). The molecule has 0 fully saturated rings. The summed E-state index contributed by atoms with van der Waals surface area (Å²) in [6.07, 6.45) is 1.45. The minimum Gasteiger partial charge on any atom is -0.508 e. The quantitative estimate of drug-likeness (QED) is 0.413. The molecule has 8 heteroatoms. The summed E-state index contributed by atoms with van der Waals surface area (Å²) in [5.41, 5.74) is 4.28. The Morgan fingerprint density at radius 3 is 2.67 bits per heavy atom. The summed E-state index contributed by atoms with van der Waals surface area (Å²) in [4.78, 5) is 8.83. The largest absolute Gasteiger partial charge is 0.508 e. The fourth-order valence-corrected chi connectivity index (χ4v) is 3.74. The van der Waals surface area contributed by atoms with Crippen molar-refractivity contribution in [2.75, 3.05) is 12.4 Å². The number of hydrogen-bond donors (Lipinski definition) is 3. The SMILES string of the molecule is COc1ccc(Nc2ncnc3c2C(c2cccc(O)c2)c2c(n[nH]c2C)O3)cc1. The van der Waals surface area contributed by atoms with Crippen LogP contribution in [0.1, 0.15) is 28.3 Å². The number of benzene rings is 2. The van der Waals surface area contributed by atoms with E-state index >= 15 is 0 Å². The Labute approximate surface area is 172 Å². The number of ether oxygens (including phenoxy) is 2. The molecule has 3 heterocycles. The van der Waals surface area contributed by atoms with Gasteiger partial charge < -0.3 is 19.9 Å². The Morgan fingerprint density at radius 1 is 1.07 bits per heavy atom. The van der Waals surface area contributed by atoms with Gasteiger partial charge in [-0.1, -0.05) is 12.1 Å². The van der Waals surface area contributed by atoms with Crippen molar-refractivity contribution in [3.8, 4) is 23.3 Å². The van der Waals surface area contributed by atoms with Crippen LogP contribution in [0, 0.1) is 6.92 Å². The molecule has 0 saturated carbocycles. The van der Waals surface area contributed by atoms with Crippen molar-refractivity contribution in [1.29, 1.82) is 0 Å². The first kappa shape index (κ1) is 18.0.